The second kappa shape index (κ2) is 5.20. The number of amides is 3. The summed E-state index contributed by atoms with van der Waals surface area (Å²) in [5.41, 5.74) is 6.23. The molecule has 0 bridgehead atoms. The number of anilines is 1. The van der Waals surface area contributed by atoms with Crippen molar-refractivity contribution in [2.75, 3.05) is 12.8 Å². The van der Waals surface area contributed by atoms with E-state index < -0.39 is 11.5 Å². The van der Waals surface area contributed by atoms with Crippen LogP contribution in [0.25, 0.3) is 0 Å². The highest BCUT2D eigenvalue weighted by atomic mass is 16.2. The first-order chi connectivity index (χ1) is 9.73. The Bertz CT molecular complexity index is 593. The van der Waals surface area contributed by atoms with Crippen molar-refractivity contribution >= 4 is 23.4 Å². The van der Waals surface area contributed by atoms with E-state index in [1.54, 1.807) is 38.1 Å². The molecule has 1 unspecified atom stereocenters. The number of nitrogens with one attached hydrogen (secondary N) is 1. The monoisotopic (exact) mass is 289 g/mol. The molecule has 0 radical (unpaired) electrons. The van der Waals surface area contributed by atoms with Crippen molar-refractivity contribution in [1.29, 1.82) is 0 Å². The van der Waals surface area contributed by atoms with Crippen molar-refractivity contribution < 1.29 is 14.4 Å². The second-order valence-electron chi connectivity index (χ2n) is 5.77. The van der Waals surface area contributed by atoms with Crippen molar-refractivity contribution in [3.8, 4) is 0 Å². The van der Waals surface area contributed by atoms with Gasteiger partial charge >= 0.3 is 0 Å². The minimum Gasteiger partial charge on any atom is -0.399 e. The number of carbonyl (C=O) groups is 3. The molecule has 0 aromatic heterocycles. The molecule has 21 heavy (non-hydrogen) atoms. The Morgan fingerprint density at radius 3 is 2.33 bits per heavy atom. The van der Waals surface area contributed by atoms with Gasteiger partial charge in [0.05, 0.1) is 11.8 Å². The standard InChI is InChI=1S/C15H19N3O3/c1-15(2,9-4-6-10(16)7-5-9)14(21)17-11-8-12(19)18(3)13(11)20/h4-7,11H,8,16H2,1-3H3,(H,17,21). The molecular weight excluding hydrogens is 270 g/mol. The predicted octanol–water partition coefficient (Wildman–Crippen LogP) is 0.420. The Kier molecular flexibility index (Phi) is 3.72. The summed E-state index contributed by atoms with van der Waals surface area (Å²) in [4.78, 5) is 36.8. The fraction of sp³-hybridized carbons (Fsp3) is 0.400. The van der Waals surface area contributed by atoms with Gasteiger partial charge in [-0.25, -0.2) is 0 Å². The highest BCUT2D eigenvalue weighted by molar-refractivity contribution is 6.07. The highest BCUT2D eigenvalue weighted by Gasteiger charge is 2.40. The molecule has 3 N–H and O–H groups in total. The lowest BCUT2D eigenvalue weighted by Gasteiger charge is -2.25. The van der Waals surface area contributed by atoms with Gasteiger partial charge in [-0.2, -0.15) is 0 Å². The highest BCUT2D eigenvalue weighted by Crippen LogP contribution is 2.25. The maximum Gasteiger partial charge on any atom is 0.252 e. The fourth-order valence-corrected chi connectivity index (χ4v) is 2.24. The summed E-state index contributed by atoms with van der Waals surface area (Å²) in [6.07, 6.45) is 0.0128. The molecule has 0 saturated carbocycles. The zero-order valence-electron chi connectivity index (χ0n) is 12.3. The van der Waals surface area contributed by atoms with E-state index in [0.29, 0.717) is 5.69 Å². The van der Waals surface area contributed by atoms with E-state index in [4.69, 9.17) is 5.73 Å². The average molecular weight is 289 g/mol. The normalized spacial score (nSPS) is 19.0. The third-order valence-corrected chi connectivity index (χ3v) is 3.89. The summed E-state index contributed by atoms with van der Waals surface area (Å²) >= 11 is 0. The number of hydrogen-bond acceptors (Lipinski definition) is 4. The quantitative estimate of drug-likeness (QED) is 0.623. The Balaban J connectivity index is 2.14. The smallest absolute Gasteiger partial charge is 0.252 e. The van der Waals surface area contributed by atoms with Crippen molar-refractivity contribution in [2.45, 2.75) is 31.7 Å². The van der Waals surface area contributed by atoms with Gasteiger partial charge in [-0.3, -0.25) is 19.3 Å². The van der Waals surface area contributed by atoms with Gasteiger partial charge in [0.15, 0.2) is 0 Å². The van der Waals surface area contributed by atoms with Gasteiger partial charge < -0.3 is 11.1 Å². The van der Waals surface area contributed by atoms with Crippen LogP contribution in [0, 0.1) is 0 Å². The molecule has 2 rings (SSSR count). The minimum absolute atomic E-state index is 0.0128. The predicted molar refractivity (Wildman–Crippen MR) is 78.2 cm³/mol. The summed E-state index contributed by atoms with van der Waals surface area (Å²) in [7, 11) is 1.42. The molecule has 3 amide bonds. The van der Waals surface area contributed by atoms with E-state index in [-0.39, 0.29) is 24.1 Å². The first-order valence-corrected chi connectivity index (χ1v) is 6.71. The van der Waals surface area contributed by atoms with Crippen LogP contribution in [0.3, 0.4) is 0 Å². The number of rotatable bonds is 3. The lowest BCUT2D eigenvalue weighted by atomic mass is 9.83. The van der Waals surface area contributed by atoms with Gasteiger partial charge in [-0.15, -0.1) is 0 Å². The number of likely N-dealkylation sites (tertiary alicyclic amines) is 1. The van der Waals surface area contributed by atoms with Gasteiger partial charge in [0.25, 0.3) is 5.91 Å². The average Bonchev–Trinajstić information content (AvgIpc) is 2.67. The number of nitrogens with two attached hydrogens (primary N) is 1. The Hall–Kier alpha value is -2.37. The zero-order chi connectivity index (χ0) is 15.8. The Morgan fingerprint density at radius 1 is 1.29 bits per heavy atom. The molecule has 0 spiro atoms. The molecule has 112 valence electrons. The van der Waals surface area contributed by atoms with Crippen LogP contribution >= 0.6 is 0 Å². The second-order valence-corrected chi connectivity index (χ2v) is 5.77. The number of hydrogen-bond donors (Lipinski definition) is 2. The Morgan fingerprint density at radius 2 is 1.86 bits per heavy atom. The molecule has 1 aromatic carbocycles. The maximum atomic E-state index is 12.4. The largest absolute Gasteiger partial charge is 0.399 e. The summed E-state index contributed by atoms with van der Waals surface area (Å²) in [5.74, 6) is -0.953. The first-order valence-electron chi connectivity index (χ1n) is 6.71. The topological polar surface area (TPSA) is 92.5 Å². The summed E-state index contributed by atoms with van der Waals surface area (Å²) in [6, 6.07) is 6.24. The van der Waals surface area contributed by atoms with Gasteiger partial charge in [0.1, 0.15) is 6.04 Å². The lowest BCUT2D eigenvalue weighted by molar-refractivity contribution is -0.138. The lowest BCUT2D eigenvalue weighted by Crippen LogP contribution is -2.47. The number of imide groups is 1. The van der Waals surface area contributed by atoms with Crippen molar-refractivity contribution in [3.63, 3.8) is 0 Å². The third kappa shape index (κ3) is 2.74. The number of benzene rings is 1. The van der Waals surface area contributed by atoms with E-state index in [1.165, 1.54) is 7.05 Å². The number of likely N-dealkylation sites (N-methyl/N-ethyl adjacent to an activating group) is 1. The molecule has 1 heterocycles. The molecule has 1 aliphatic rings. The van der Waals surface area contributed by atoms with Gasteiger partial charge in [0, 0.05) is 12.7 Å². The molecule has 1 fully saturated rings. The van der Waals surface area contributed by atoms with Crippen LogP contribution in [-0.2, 0) is 19.8 Å². The van der Waals surface area contributed by atoms with Crippen LogP contribution in [-0.4, -0.2) is 35.7 Å². The van der Waals surface area contributed by atoms with E-state index >= 15 is 0 Å². The molecule has 0 aliphatic carbocycles. The molecule has 1 aromatic rings. The van der Waals surface area contributed by atoms with Crippen LogP contribution in [0.2, 0.25) is 0 Å². The van der Waals surface area contributed by atoms with Gasteiger partial charge in [-0.05, 0) is 31.5 Å². The van der Waals surface area contributed by atoms with Crippen molar-refractivity contribution in [3.05, 3.63) is 29.8 Å². The SMILES string of the molecule is CN1C(=O)CC(NC(=O)C(C)(C)c2ccc(N)cc2)C1=O. The number of carbonyl (C=O) groups excluding carboxylic acids is 3. The van der Waals surface area contributed by atoms with Crippen LogP contribution in [0.5, 0.6) is 0 Å². The van der Waals surface area contributed by atoms with Crippen LogP contribution < -0.4 is 11.1 Å². The first kappa shape index (κ1) is 15.0. The molecule has 6 nitrogen and oxygen atoms in total. The molecule has 6 heteroatoms. The molecular formula is C15H19N3O3. The maximum absolute atomic E-state index is 12.4. The molecule has 1 saturated heterocycles. The van der Waals surface area contributed by atoms with Crippen LogP contribution in [0.1, 0.15) is 25.8 Å². The third-order valence-electron chi connectivity index (χ3n) is 3.89. The fourth-order valence-electron chi connectivity index (χ4n) is 2.24. The summed E-state index contributed by atoms with van der Waals surface area (Å²) in [6.45, 7) is 3.53. The van der Waals surface area contributed by atoms with Gasteiger partial charge in [0.2, 0.25) is 11.8 Å². The van der Waals surface area contributed by atoms with E-state index in [2.05, 4.69) is 5.32 Å². The van der Waals surface area contributed by atoms with E-state index in [9.17, 15) is 14.4 Å². The molecule has 1 atom stereocenters. The van der Waals surface area contributed by atoms with E-state index in [0.717, 1.165) is 10.5 Å². The zero-order valence-corrected chi connectivity index (χ0v) is 12.3. The number of nitrogens with zero attached hydrogens (tertiary/aromatic N) is 1. The number of nitrogen functional groups attached to an aromatic ring is 1. The molecule has 1 aliphatic heterocycles. The van der Waals surface area contributed by atoms with Crippen molar-refractivity contribution in [2.24, 2.45) is 0 Å². The van der Waals surface area contributed by atoms with E-state index in [1.807, 2.05) is 0 Å². The van der Waals surface area contributed by atoms with Crippen LogP contribution in [0.15, 0.2) is 24.3 Å². The van der Waals surface area contributed by atoms with Crippen molar-refractivity contribution in [1.82, 2.24) is 10.2 Å². The Labute approximate surface area is 123 Å². The minimum atomic E-state index is -0.821. The summed E-state index contributed by atoms with van der Waals surface area (Å²) < 4.78 is 0. The summed E-state index contributed by atoms with van der Waals surface area (Å²) in [5, 5.41) is 2.66. The van der Waals surface area contributed by atoms with Crippen LogP contribution in [0.4, 0.5) is 5.69 Å². The van der Waals surface area contributed by atoms with Gasteiger partial charge in [-0.1, -0.05) is 12.1 Å².